The molecule has 2 fully saturated rings. The molecule has 0 bridgehead atoms. The Kier molecular flexibility index (Phi) is 8.03. The van der Waals surface area contributed by atoms with Crippen LogP contribution >= 0.6 is 0 Å². The molecular formula is C14H24N4. The molecule has 0 unspecified atom stereocenters. The third-order valence-electron chi connectivity index (χ3n) is 3.63. The minimum Gasteiger partial charge on any atom is -0.242 e. The van der Waals surface area contributed by atoms with E-state index in [0.29, 0.717) is 12.1 Å². The van der Waals surface area contributed by atoms with Crippen molar-refractivity contribution in [1.29, 1.82) is 10.8 Å². The predicted octanol–water partition coefficient (Wildman–Crippen LogP) is 4.14. The Hall–Kier alpha value is -1.24. The highest BCUT2D eigenvalue weighted by Crippen LogP contribution is 2.21. The molecule has 2 saturated carbocycles. The summed E-state index contributed by atoms with van der Waals surface area (Å²) < 4.78 is 0. The van der Waals surface area contributed by atoms with E-state index in [-0.39, 0.29) is 0 Å². The van der Waals surface area contributed by atoms with Gasteiger partial charge in [0.05, 0.1) is 24.1 Å². The van der Waals surface area contributed by atoms with Gasteiger partial charge in [0.1, 0.15) is 0 Å². The summed E-state index contributed by atoms with van der Waals surface area (Å²) in [5, 5.41) is 11.2. The summed E-state index contributed by atoms with van der Waals surface area (Å²) in [5.74, 6) is 0. The second-order valence-corrected chi connectivity index (χ2v) is 5.07. The highest BCUT2D eigenvalue weighted by Gasteiger charge is 2.12. The fourth-order valence-electron chi connectivity index (χ4n) is 2.62. The molecule has 18 heavy (non-hydrogen) atoms. The highest BCUT2D eigenvalue weighted by atomic mass is 14.9. The van der Waals surface area contributed by atoms with Gasteiger partial charge in [-0.1, -0.05) is 38.5 Å². The Morgan fingerprint density at radius 1 is 0.667 bits per heavy atom. The van der Waals surface area contributed by atoms with Crippen molar-refractivity contribution in [3.8, 4) is 0 Å². The smallest absolute Gasteiger partial charge is 0.0898 e. The number of nitrogens with one attached hydrogen (secondary N) is 2. The predicted molar refractivity (Wildman–Crippen MR) is 74.1 cm³/mol. The largest absolute Gasteiger partial charge is 0.242 e. The quantitative estimate of drug-likeness (QED) is 0.689. The van der Waals surface area contributed by atoms with Crippen molar-refractivity contribution in [3.05, 3.63) is 0 Å². The molecule has 2 aliphatic carbocycles. The molecule has 4 nitrogen and oxygen atoms in total. The van der Waals surface area contributed by atoms with E-state index in [0.717, 1.165) is 0 Å². The van der Waals surface area contributed by atoms with Gasteiger partial charge in [0.2, 0.25) is 0 Å². The molecule has 0 aromatic rings. The zero-order valence-electron chi connectivity index (χ0n) is 11.1. The summed E-state index contributed by atoms with van der Waals surface area (Å²) in [7, 11) is 0. The Morgan fingerprint density at radius 3 is 1.33 bits per heavy atom. The van der Waals surface area contributed by atoms with Crippen molar-refractivity contribution in [2.75, 3.05) is 0 Å². The van der Waals surface area contributed by atoms with Crippen LogP contribution in [0.4, 0.5) is 0 Å². The lowest BCUT2D eigenvalue weighted by Crippen LogP contribution is -2.10. The Labute approximate surface area is 110 Å². The molecule has 0 aliphatic heterocycles. The van der Waals surface area contributed by atoms with Crippen molar-refractivity contribution < 1.29 is 0 Å². The molecule has 100 valence electrons. The zero-order valence-corrected chi connectivity index (χ0v) is 11.1. The highest BCUT2D eigenvalue weighted by molar-refractivity contribution is 5.42. The van der Waals surface area contributed by atoms with Crippen LogP contribution < -0.4 is 0 Å². The average Bonchev–Trinajstić information content (AvgIpc) is 2.42. The Bertz CT molecular complexity index is 278. The lowest BCUT2D eigenvalue weighted by atomic mass is 9.96. The van der Waals surface area contributed by atoms with Crippen molar-refractivity contribution in [2.24, 2.45) is 9.98 Å². The van der Waals surface area contributed by atoms with Gasteiger partial charge in [0.15, 0.2) is 0 Å². The number of hydrogen-bond acceptors (Lipinski definition) is 4. The Balaban J connectivity index is 0.000000492. The lowest BCUT2D eigenvalue weighted by molar-refractivity contribution is 0.438. The van der Waals surface area contributed by atoms with Crippen LogP contribution in [0.25, 0.3) is 0 Å². The van der Waals surface area contributed by atoms with E-state index in [4.69, 9.17) is 10.8 Å². The van der Waals surface area contributed by atoms with Crippen molar-refractivity contribution >= 4 is 12.0 Å². The summed E-state index contributed by atoms with van der Waals surface area (Å²) in [5.41, 5.74) is 0. The molecule has 0 amide bonds. The van der Waals surface area contributed by atoms with Gasteiger partial charge >= 0.3 is 0 Å². The van der Waals surface area contributed by atoms with E-state index in [1.807, 2.05) is 0 Å². The summed E-state index contributed by atoms with van der Waals surface area (Å²) in [6.07, 6.45) is 13.2. The van der Waals surface area contributed by atoms with E-state index in [1.54, 1.807) is 0 Å². The van der Waals surface area contributed by atoms with Crippen LogP contribution in [-0.2, 0) is 0 Å². The molecule has 0 aromatic heterocycles. The number of nitrogens with zero attached hydrogens (tertiary/aromatic N) is 2. The first-order valence-electron chi connectivity index (χ1n) is 7.10. The van der Waals surface area contributed by atoms with Crippen LogP contribution in [0.15, 0.2) is 9.98 Å². The molecule has 0 atom stereocenters. The molecule has 2 N–H and O–H groups in total. The van der Waals surface area contributed by atoms with Crippen molar-refractivity contribution in [3.63, 3.8) is 0 Å². The first-order valence-corrected chi connectivity index (χ1v) is 7.10. The number of hydrogen-bond donors (Lipinski definition) is 2. The second kappa shape index (κ2) is 9.76. The maximum absolute atomic E-state index is 5.62. The third kappa shape index (κ3) is 6.48. The molecule has 0 spiro atoms. The van der Waals surface area contributed by atoms with Crippen molar-refractivity contribution in [2.45, 2.75) is 76.3 Å². The number of aliphatic imine (C=N–C) groups is 2. The van der Waals surface area contributed by atoms with Crippen LogP contribution in [-0.4, -0.2) is 24.1 Å². The first kappa shape index (κ1) is 14.8. The summed E-state index contributed by atoms with van der Waals surface area (Å²) >= 11 is 0. The van der Waals surface area contributed by atoms with Crippen LogP contribution in [0.1, 0.15) is 64.2 Å². The van der Waals surface area contributed by atoms with E-state index in [1.165, 1.54) is 70.2 Å². The van der Waals surface area contributed by atoms with E-state index < -0.39 is 0 Å². The molecule has 0 heterocycles. The molecule has 0 radical (unpaired) electrons. The average molecular weight is 248 g/mol. The van der Waals surface area contributed by atoms with Crippen LogP contribution in [0.5, 0.6) is 0 Å². The Morgan fingerprint density at radius 2 is 1.00 bits per heavy atom. The maximum Gasteiger partial charge on any atom is 0.0898 e. The van der Waals surface area contributed by atoms with Gasteiger partial charge in [-0.2, -0.15) is 0 Å². The topological polar surface area (TPSA) is 72.4 Å². The molecule has 2 rings (SSSR count). The van der Waals surface area contributed by atoms with Crippen molar-refractivity contribution in [1.82, 2.24) is 0 Å². The first-order chi connectivity index (χ1) is 8.86. The molecular weight excluding hydrogens is 224 g/mol. The normalized spacial score (nSPS) is 20.9. The SMILES string of the molecule is C(=NC1CCCCC1)=NC1CCCCC1.N=C=N. The standard InChI is InChI=1S/C13H22N2.CH2N2/c1-3-7-12(8-4-1)14-11-15-13-9-5-2-6-10-13;2-1-3/h12-13H,1-10H2;2-3H. The maximum atomic E-state index is 5.62. The monoisotopic (exact) mass is 248 g/mol. The second-order valence-electron chi connectivity index (χ2n) is 5.07. The van der Waals surface area contributed by atoms with Gasteiger partial charge in [-0.3, -0.25) is 0 Å². The molecule has 2 aliphatic rings. The van der Waals surface area contributed by atoms with Crippen LogP contribution in [0.2, 0.25) is 0 Å². The molecule has 0 saturated heterocycles. The fraction of sp³-hybridized carbons (Fsp3) is 0.857. The third-order valence-corrected chi connectivity index (χ3v) is 3.63. The van der Waals surface area contributed by atoms with Gasteiger partial charge in [-0.15, -0.1) is 0 Å². The van der Waals surface area contributed by atoms with Gasteiger partial charge in [-0.25, -0.2) is 20.8 Å². The van der Waals surface area contributed by atoms with Crippen LogP contribution in [0.3, 0.4) is 0 Å². The van der Waals surface area contributed by atoms with Crippen LogP contribution in [0, 0.1) is 10.8 Å². The fourth-order valence-corrected chi connectivity index (χ4v) is 2.62. The van der Waals surface area contributed by atoms with Gasteiger partial charge in [0, 0.05) is 0 Å². The van der Waals surface area contributed by atoms with Gasteiger partial charge < -0.3 is 0 Å². The zero-order chi connectivity index (χ0) is 13.1. The molecule has 4 heteroatoms. The van der Waals surface area contributed by atoms with E-state index in [2.05, 4.69) is 16.0 Å². The summed E-state index contributed by atoms with van der Waals surface area (Å²) in [4.78, 5) is 8.92. The minimum atomic E-state index is 0.533. The number of rotatable bonds is 2. The van der Waals surface area contributed by atoms with E-state index >= 15 is 0 Å². The summed E-state index contributed by atoms with van der Waals surface area (Å²) in [6, 6.07) is 5.29. The minimum absolute atomic E-state index is 0.533. The van der Waals surface area contributed by atoms with Gasteiger partial charge in [-0.05, 0) is 25.7 Å². The summed E-state index contributed by atoms with van der Waals surface area (Å²) in [6.45, 7) is 0. The molecule has 0 aromatic carbocycles. The van der Waals surface area contributed by atoms with E-state index in [9.17, 15) is 0 Å². The van der Waals surface area contributed by atoms with Gasteiger partial charge in [0.25, 0.3) is 0 Å². The lowest BCUT2D eigenvalue weighted by Gasteiger charge is -2.17.